The van der Waals surface area contributed by atoms with Crippen molar-refractivity contribution in [3.05, 3.63) is 59.2 Å². The van der Waals surface area contributed by atoms with Gasteiger partial charge in [0.25, 0.3) is 5.91 Å². The lowest BCUT2D eigenvalue weighted by Crippen LogP contribution is -2.23. The number of nitrogens with zero attached hydrogens (tertiary/aromatic N) is 1. The molecule has 1 N–H and O–H groups in total. The average Bonchev–Trinajstić information content (AvgIpc) is 2.71. The maximum atomic E-state index is 12.4. The van der Waals surface area contributed by atoms with Crippen LogP contribution in [0.3, 0.4) is 0 Å². The third-order valence-corrected chi connectivity index (χ3v) is 4.50. The lowest BCUT2D eigenvalue weighted by molar-refractivity contribution is 0.0951. The highest BCUT2D eigenvalue weighted by Gasteiger charge is 2.09. The van der Waals surface area contributed by atoms with Crippen molar-refractivity contribution in [3.63, 3.8) is 0 Å². The number of carbonyl (C=O) groups is 1. The van der Waals surface area contributed by atoms with Gasteiger partial charge in [0.05, 0.1) is 13.7 Å². The highest BCUT2D eigenvalue weighted by Crippen LogP contribution is 2.28. The summed E-state index contributed by atoms with van der Waals surface area (Å²) in [5, 5.41) is 2.95. The molecule has 0 aromatic heterocycles. The fraction of sp³-hybridized carbons (Fsp3) is 0.409. The minimum atomic E-state index is -0.0859. The quantitative estimate of drug-likeness (QED) is 0.690. The first-order valence-electron chi connectivity index (χ1n) is 9.50. The first kappa shape index (κ1) is 20.8. The van der Waals surface area contributed by atoms with Crippen molar-refractivity contribution in [2.24, 2.45) is 0 Å². The van der Waals surface area contributed by atoms with E-state index >= 15 is 0 Å². The third-order valence-electron chi connectivity index (χ3n) is 4.50. The van der Waals surface area contributed by atoms with E-state index in [9.17, 15) is 4.79 Å². The van der Waals surface area contributed by atoms with Gasteiger partial charge in [-0.1, -0.05) is 32.0 Å². The number of rotatable bonds is 10. The van der Waals surface area contributed by atoms with Gasteiger partial charge in [-0.25, -0.2) is 0 Å². The van der Waals surface area contributed by atoms with Crippen LogP contribution in [0.5, 0.6) is 11.5 Å². The van der Waals surface area contributed by atoms with Crippen LogP contribution in [0.25, 0.3) is 0 Å². The molecule has 27 heavy (non-hydrogen) atoms. The number of benzene rings is 2. The lowest BCUT2D eigenvalue weighted by atomic mass is 10.1. The van der Waals surface area contributed by atoms with Crippen molar-refractivity contribution in [1.82, 2.24) is 10.2 Å². The summed E-state index contributed by atoms with van der Waals surface area (Å²) in [6.45, 7) is 10.2. The molecule has 2 aromatic rings. The summed E-state index contributed by atoms with van der Waals surface area (Å²) >= 11 is 0. The van der Waals surface area contributed by atoms with Crippen LogP contribution >= 0.6 is 0 Å². The lowest BCUT2D eigenvalue weighted by Gasteiger charge is -2.18. The van der Waals surface area contributed by atoms with Crippen LogP contribution in [0.1, 0.15) is 42.3 Å². The van der Waals surface area contributed by atoms with Crippen molar-refractivity contribution in [1.29, 1.82) is 0 Å². The maximum Gasteiger partial charge on any atom is 0.251 e. The van der Waals surface area contributed by atoms with Gasteiger partial charge in [0.15, 0.2) is 11.5 Å². The van der Waals surface area contributed by atoms with Crippen molar-refractivity contribution in [2.45, 2.75) is 33.9 Å². The van der Waals surface area contributed by atoms with Gasteiger partial charge in [0.1, 0.15) is 0 Å². The van der Waals surface area contributed by atoms with Gasteiger partial charge in [-0.15, -0.1) is 0 Å². The number of amides is 1. The zero-order valence-electron chi connectivity index (χ0n) is 16.7. The fourth-order valence-corrected chi connectivity index (χ4v) is 2.85. The molecule has 0 fully saturated rings. The number of ether oxygens (including phenoxy) is 2. The Morgan fingerprint density at radius 2 is 1.63 bits per heavy atom. The Balaban J connectivity index is 1.95. The van der Waals surface area contributed by atoms with E-state index in [1.165, 1.54) is 5.56 Å². The summed E-state index contributed by atoms with van der Waals surface area (Å²) in [7, 11) is 1.61. The van der Waals surface area contributed by atoms with Crippen LogP contribution < -0.4 is 14.8 Å². The van der Waals surface area contributed by atoms with Crippen molar-refractivity contribution < 1.29 is 14.3 Å². The second-order valence-electron chi connectivity index (χ2n) is 6.26. The molecule has 1 amide bonds. The second kappa shape index (κ2) is 10.6. The van der Waals surface area contributed by atoms with E-state index in [0.29, 0.717) is 30.2 Å². The normalized spacial score (nSPS) is 10.7. The van der Waals surface area contributed by atoms with E-state index in [1.807, 2.05) is 49.4 Å². The summed E-state index contributed by atoms with van der Waals surface area (Å²) in [5.74, 6) is 1.29. The predicted molar refractivity (Wildman–Crippen MR) is 108 cm³/mol. The summed E-state index contributed by atoms with van der Waals surface area (Å²) in [5.41, 5.74) is 2.84. The summed E-state index contributed by atoms with van der Waals surface area (Å²) in [6.07, 6.45) is 0. The molecule has 0 unspecified atom stereocenters. The summed E-state index contributed by atoms with van der Waals surface area (Å²) < 4.78 is 10.9. The molecule has 5 heteroatoms. The first-order chi connectivity index (χ1) is 13.1. The van der Waals surface area contributed by atoms with Crippen molar-refractivity contribution in [3.8, 4) is 11.5 Å². The largest absolute Gasteiger partial charge is 0.493 e. The number of hydrogen-bond donors (Lipinski definition) is 1. The molecule has 0 bridgehead atoms. The van der Waals surface area contributed by atoms with Gasteiger partial charge in [0, 0.05) is 18.7 Å². The number of nitrogens with one attached hydrogen (secondary N) is 1. The standard InChI is InChI=1S/C22H30N2O3/c1-5-24(6-2)16-17-8-11-19(12-9-17)22(25)23-15-18-10-13-20(27-7-3)21(14-18)26-4/h8-14H,5-7,15-16H2,1-4H3,(H,23,25). The van der Waals surface area contributed by atoms with Crippen LogP contribution in [0.2, 0.25) is 0 Å². The van der Waals surface area contributed by atoms with Gasteiger partial charge in [-0.05, 0) is 55.4 Å². The number of carbonyl (C=O) groups excluding carboxylic acids is 1. The maximum absolute atomic E-state index is 12.4. The molecular weight excluding hydrogens is 340 g/mol. The highest BCUT2D eigenvalue weighted by atomic mass is 16.5. The molecule has 146 valence electrons. The first-order valence-corrected chi connectivity index (χ1v) is 9.50. The molecule has 0 radical (unpaired) electrons. The topological polar surface area (TPSA) is 50.8 Å². The van der Waals surface area contributed by atoms with E-state index in [4.69, 9.17) is 9.47 Å². The predicted octanol–water partition coefficient (Wildman–Crippen LogP) is 3.87. The number of hydrogen-bond acceptors (Lipinski definition) is 4. The Hall–Kier alpha value is -2.53. The van der Waals surface area contributed by atoms with Gasteiger partial charge in [-0.3, -0.25) is 9.69 Å². The third kappa shape index (κ3) is 6.00. The van der Waals surface area contributed by atoms with E-state index < -0.39 is 0 Å². The minimum absolute atomic E-state index is 0.0859. The van der Waals surface area contributed by atoms with Gasteiger partial charge in [-0.2, -0.15) is 0 Å². The van der Waals surface area contributed by atoms with E-state index in [-0.39, 0.29) is 5.91 Å². The van der Waals surface area contributed by atoms with Crippen molar-refractivity contribution >= 4 is 5.91 Å². The zero-order valence-corrected chi connectivity index (χ0v) is 16.7. The van der Waals surface area contributed by atoms with E-state index in [0.717, 1.165) is 25.2 Å². The smallest absolute Gasteiger partial charge is 0.251 e. The zero-order chi connectivity index (χ0) is 19.6. The van der Waals surface area contributed by atoms with E-state index in [2.05, 4.69) is 24.1 Å². The Morgan fingerprint density at radius 3 is 2.22 bits per heavy atom. The Kier molecular flexibility index (Phi) is 8.14. The molecule has 2 rings (SSSR count). The SMILES string of the molecule is CCOc1ccc(CNC(=O)c2ccc(CN(CC)CC)cc2)cc1OC. The minimum Gasteiger partial charge on any atom is -0.493 e. The Bertz CT molecular complexity index is 725. The summed E-state index contributed by atoms with van der Waals surface area (Å²) in [6, 6.07) is 13.5. The molecule has 0 saturated carbocycles. The highest BCUT2D eigenvalue weighted by molar-refractivity contribution is 5.94. The molecule has 0 atom stereocenters. The molecule has 0 saturated heterocycles. The average molecular weight is 370 g/mol. The van der Waals surface area contributed by atoms with E-state index in [1.54, 1.807) is 7.11 Å². The fourth-order valence-electron chi connectivity index (χ4n) is 2.85. The van der Waals surface area contributed by atoms with Crippen LogP contribution in [0.4, 0.5) is 0 Å². The summed E-state index contributed by atoms with van der Waals surface area (Å²) in [4.78, 5) is 14.8. The Labute approximate surface area is 162 Å². The van der Waals surface area contributed by atoms with Gasteiger partial charge in [0.2, 0.25) is 0 Å². The molecule has 0 aliphatic heterocycles. The van der Waals surface area contributed by atoms with Crippen LogP contribution in [0, 0.1) is 0 Å². The molecule has 0 aliphatic rings. The van der Waals surface area contributed by atoms with Crippen LogP contribution in [-0.2, 0) is 13.1 Å². The van der Waals surface area contributed by atoms with Gasteiger partial charge >= 0.3 is 0 Å². The Morgan fingerprint density at radius 1 is 0.963 bits per heavy atom. The number of methoxy groups -OCH3 is 1. The molecular formula is C22H30N2O3. The molecule has 5 nitrogen and oxygen atoms in total. The molecule has 2 aromatic carbocycles. The van der Waals surface area contributed by atoms with Crippen molar-refractivity contribution in [2.75, 3.05) is 26.8 Å². The van der Waals surface area contributed by atoms with Crippen LogP contribution in [0.15, 0.2) is 42.5 Å². The second-order valence-corrected chi connectivity index (χ2v) is 6.26. The van der Waals surface area contributed by atoms with Gasteiger partial charge < -0.3 is 14.8 Å². The van der Waals surface area contributed by atoms with Crippen LogP contribution in [-0.4, -0.2) is 37.6 Å². The molecule has 0 heterocycles. The molecule has 0 aliphatic carbocycles. The molecule has 0 spiro atoms. The monoisotopic (exact) mass is 370 g/mol.